The summed E-state index contributed by atoms with van der Waals surface area (Å²) in [4.78, 5) is 42.3. The number of nitrogens with zero attached hydrogens (tertiary/aromatic N) is 3. The Morgan fingerprint density at radius 3 is 2.58 bits per heavy atom. The van der Waals surface area contributed by atoms with Crippen LogP contribution in [-0.2, 0) is 9.53 Å². The standard InChI is InChI=1S/C29H24ClN3O6S/c1-15(2)17-5-7-18(8-6-17)26-25(28(35)38-4)16(3)31-29-32(26)27(34)24(40-29)14-20-10-12-23(39-20)21-13-19(33(36)37)9-11-22(21)30/h5-15,26H,1-4H3. The number of aromatic nitrogens is 1. The van der Waals surface area contributed by atoms with Crippen molar-refractivity contribution in [3.8, 4) is 11.3 Å². The molecule has 11 heteroatoms. The minimum absolute atomic E-state index is 0.121. The molecule has 0 N–H and O–H groups in total. The third kappa shape index (κ3) is 4.91. The van der Waals surface area contributed by atoms with E-state index in [4.69, 9.17) is 20.8 Å². The normalized spacial score (nSPS) is 15.2. The van der Waals surface area contributed by atoms with Crippen LogP contribution in [0.4, 0.5) is 5.69 Å². The molecule has 1 unspecified atom stereocenters. The molecule has 0 spiro atoms. The second-order valence-electron chi connectivity index (χ2n) is 9.52. The van der Waals surface area contributed by atoms with Crippen LogP contribution in [0.15, 0.2) is 80.1 Å². The van der Waals surface area contributed by atoms with Crippen LogP contribution < -0.4 is 14.9 Å². The molecule has 5 rings (SSSR count). The topological polar surface area (TPSA) is 117 Å². The fraction of sp³-hybridized carbons (Fsp3) is 0.207. The zero-order chi connectivity index (χ0) is 28.7. The number of furan rings is 1. The number of nitro groups is 1. The van der Waals surface area contributed by atoms with Crippen molar-refractivity contribution in [3.05, 3.63) is 118 Å². The molecule has 9 nitrogen and oxygen atoms in total. The number of carbonyl (C=O) groups excluding carboxylic acids is 1. The van der Waals surface area contributed by atoms with E-state index < -0.39 is 16.9 Å². The van der Waals surface area contributed by atoms with Gasteiger partial charge in [0.05, 0.1) is 38.9 Å². The number of hydrogen-bond acceptors (Lipinski definition) is 8. The molecule has 0 fully saturated rings. The van der Waals surface area contributed by atoms with Gasteiger partial charge in [-0.1, -0.05) is 61.1 Å². The zero-order valence-corrected chi connectivity index (χ0v) is 23.6. The number of nitro benzene ring substituents is 1. The Morgan fingerprint density at radius 1 is 1.20 bits per heavy atom. The number of hydrogen-bond donors (Lipinski definition) is 0. The van der Waals surface area contributed by atoms with Gasteiger partial charge in [-0.2, -0.15) is 0 Å². The summed E-state index contributed by atoms with van der Waals surface area (Å²) >= 11 is 7.44. The average Bonchev–Trinajstić information content (AvgIpc) is 3.51. The summed E-state index contributed by atoms with van der Waals surface area (Å²) in [6, 6.07) is 14.5. The maximum absolute atomic E-state index is 13.8. The highest BCUT2D eigenvalue weighted by Gasteiger charge is 2.33. The van der Waals surface area contributed by atoms with Gasteiger partial charge in [-0.25, -0.2) is 9.79 Å². The summed E-state index contributed by atoms with van der Waals surface area (Å²) in [6.07, 6.45) is 1.58. The molecular weight excluding hydrogens is 554 g/mol. The summed E-state index contributed by atoms with van der Waals surface area (Å²) in [5, 5.41) is 11.5. The van der Waals surface area contributed by atoms with Gasteiger partial charge < -0.3 is 9.15 Å². The molecule has 1 aliphatic rings. The number of ether oxygens (including phenoxy) is 1. The number of rotatable bonds is 6. The molecule has 40 heavy (non-hydrogen) atoms. The Morgan fingerprint density at radius 2 is 1.93 bits per heavy atom. The molecule has 0 aliphatic carbocycles. The molecular formula is C29H24ClN3O6S. The lowest BCUT2D eigenvalue weighted by atomic mass is 9.93. The summed E-state index contributed by atoms with van der Waals surface area (Å²) in [5.74, 6) is 0.436. The molecule has 2 aromatic heterocycles. The Kier molecular flexibility index (Phi) is 7.31. The first-order valence-corrected chi connectivity index (χ1v) is 13.5. The minimum Gasteiger partial charge on any atom is -0.466 e. The predicted molar refractivity (Wildman–Crippen MR) is 152 cm³/mol. The van der Waals surface area contributed by atoms with Gasteiger partial charge in [0.2, 0.25) is 0 Å². The van der Waals surface area contributed by atoms with E-state index in [1.54, 1.807) is 25.1 Å². The van der Waals surface area contributed by atoms with E-state index in [9.17, 15) is 19.7 Å². The molecule has 1 atom stereocenters. The van der Waals surface area contributed by atoms with Crippen molar-refractivity contribution >= 4 is 40.7 Å². The first-order chi connectivity index (χ1) is 19.1. The van der Waals surface area contributed by atoms with Gasteiger partial charge in [-0.15, -0.1) is 0 Å². The third-order valence-corrected chi connectivity index (χ3v) is 7.98. The Hall–Kier alpha value is -4.28. The SMILES string of the molecule is COC(=O)C1=C(C)N=c2sc(=Cc3ccc(-c4cc([N+](=O)[O-])ccc4Cl)o3)c(=O)n2C1c1ccc(C(C)C)cc1. The van der Waals surface area contributed by atoms with Crippen molar-refractivity contribution < 1.29 is 18.9 Å². The van der Waals surface area contributed by atoms with Crippen LogP contribution in [0.2, 0.25) is 5.02 Å². The van der Waals surface area contributed by atoms with Crippen LogP contribution in [0.1, 0.15) is 49.6 Å². The van der Waals surface area contributed by atoms with Crippen molar-refractivity contribution in [1.82, 2.24) is 4.57 Å². The predicted octanol–water partition coefficient (Wildman–Crippen LogP) is 5.35. The molecule has 0 radical (unpaired) electrons. The largest absolute Gasteiger partial charge is 0.466 e. The fourth-order valence-corrected chi connectivity index (χ4v) is 5.83. The molecule has 0 saturated carbocycles. The second kappa shape index (κ2) is 10.7. The lowest BCUT2D eigenvalue weighted by Crippen LogP contribution is -2.39. The number of non-ortho nitro benzene ring substituents is 1. The number of benzene rings is 2. The van der Waals surface area contributed by atoms with E-state index in [0.717, 1.165) is 11.1 Å². The minimum atomic E-state index is -0.720. The van der Waals surface area contributed by atoms with Crippen LogP contribution in [0.25, 0.3) is 17.4 Å². The van der Waals surface area contributed by atoms with Gasteiger partial charge in [-0.05, 0) is 42.2 Å². The zero-order valence-electron chi connectivity index (χ0n) is 22.0. The first kappa shape index (κ1) is 27.3. The number of carbonyl (C=O) groups is 1. The summed E-state index contributed by atoms with van der Waals surface area (Å²) < 4.78 is 12.8. The van der Waals surface area contributed by atoms with E-state index in [2.05, 4.69) is 18.8 Å². The number of methoxy groups -OCH3 is 1. The smallest absolute Gasteiger partial charge is 0.338 e. The van der Waals surface area contributed by atoms with Gasteiger partial charge in [-0.3, -0.25) is 19.5 Å². The lowest BCUT2D eigenvalue weighted by Gasteiger charge is -2.24. The monoisotopic (exact) mass is 577 g/mol. The molecule has 1 aliphatic heterocycles. The maximum atomic E-state index is 13.8. The Balaban J connectivity index is 1.62. The molecule has 2 aromatic carbocycles. The first-order valence-electron chi connectivity index (χ1n) is 12.3. The van der Waals surface area contributed by atoms with Gasteiger partial charge in [0.15, 0.2) is 4.80 Å². The molecule has 0 bridgehead atoms. The van der Waals surface area contributed by atoms with E-state index >= 15 is 0 Å². The number of halogens is 1. The van der Waals surface area contributed by atoms with Crippen molar-refractivity contribution in [3.63, 3.8) is 0 Å². The summed E-state index contributed by atoms with van der Waals surface area (Å²) in [6.45, 7) is 5.91. The highest BCUT2D eigenvalue weighted by molar-refractivity contribution is 7.07. The highest BCUT2D eigenvalue weighted by atomic mass is 35.5. The number of fused-ring (bicyclic) bond motifs is 1. The van der Waals surface area contributed by atoms with E-state index in [0.29, 0.717) is 48.6 Å². The number of allylic oxidation sites excluding steroid dienone is 1. The highest BCUT2D eigenvalue weighted by Crippen LogP contribution is 2.33. The quantitative estimate of drug-likeness (QED) is 0.173. The lowest BCUT2D eigenvalue weighted by molar-refractivity contribution is -0.384. The van der Waals surface area contributed by atoms with Crippen LogP contribution in [0.3, 0.4) is 0 Å². The Labute approximate surface area is 237 Å². The van der Waals surface area contributed by atoms with Crippen molar-refractivity contribution in [2.75, 3.05) is 7.11 Å². The molecule has 0 amide bonds. The Bertz CT molecular complexity index is 1860. The second-order valence-corrected chi connectivity index (χ2v) is 10.9. The van der Waals surface area contributed by atoms with Crippen molar-refractivity contribution in [1.29, 1.82) is 0 Å². The summed E-state index contributed by atoms with van der Waals surface area (Å²) in [5.41, 5.74) is 2.55. The third-order valence-electron chi connectivity index (χ3n) is 6.67. The van der Waals surface area contributed by atoms with E-state index in [1.165, 1.54) is 41.2 Å². The molecule has 3 heterocycles. The van der Waals surface area contributed by atoms with Gasteiger partial charge in [0.25, 0.3) is 11.2 Å². The number of esters is 1. The van der Waals surface area contributed by atoms with Crippen molar-refractivity contribution in [2.24, 2.45) is 4.99 Å². The fourth-order valence-electron chi connectivity index (χ4n) is 4.59. The van der Waals surface area contributed by atoms with Crippen LogP contribution in [-0.4, -0.2) is 22.6 Å². The summed E-state index contributed by atoms with van der Waals surface area (Å²) in [7, 11) is 1.30. The van der Waals surface area contributed by atoms with Crippen LogP contribution >= 0.6 is 22.9 Å². The average molecular weight is 578 g/mol. The van der Waals surface area contributed by atoms with Crippen LogP contribution in [0, 0.1) is 10.1 Å². The van der Waals surface area contributed by atoms with E-state index in [1.807, 2.05) is 24.3 Å². The molecule has 204 valence electrons. The molecule has 4 aromatic rings. The maximum Gasteiger partial charge on any atom is 0.338 e. The van der Waals surface area contributed by atoms with Gasteiger partial charge in [0, 0.05) is 23.8 Å². The number of thiazole rings is 1. The van der Waals surface area contributed by atoms with E-state index in [-0.39, 0.29) is 11.2 Å². The van der Waals surface area contributed by atoms with Crippen molar-refractivity contribution in [2.45, 2.75) is 32.7 Å². The molecule has 0 saturated heterocycles. The van der Waals surface area contributed by atoms with Gasteiger partial charge in [0.1, 0.15) is 11.5 Å². The van der Waals surface area contributed by atoms with Gasteiger partial charge >= 0.3 is 5.97 Å². The van der Waals surface area contributed by atoms with Crippen LogP contribution in [0.5, 0.6) is 0 Å².